The number of carbonyl (C=O) groups excluding carboxylic acids is 2. The van der Waals surface area contributed by atoms with Crippen LogP contribution in [-0.2, 0) is 23.8 Å². The predicted molar refractivity (Wildman–Crippen MR) is 85.3 cm³/mol. The average molecular weight is 360 g/mol. The summed E-state index contributed by atoms with van der Waals surface area (Å²) in [6.07, 6.45) is 1.48. The first kappa shape index (κ1) is 27.5. The molecule has 0 aliphatic rings. The average Bonchev–Trinajstić information content (AvgIpc) is 2.59. The number of rotatable bonds is 8. The van der Waals surface area contributed by atoms with Crippen LogP contribution in [0.4, 0.5) is 13.5 Å². The van der Waals surface area contributed by atoms with Crippen LogP contribution in [0.3, 0.4) is 0 Å². The molecule has 0 N–H and O–H groups in total. The minimum absolute atomic E-state index is 0.0439. The number of methoxy groups -OCH3 is 1. The largest absolute Gasteiger partial charge is 0.462 e. The lowest BCUT2D eigenvalue weighted by Gasteiger charge is -2.19. The Morgan fingerprint density at radius 3 is 1.54 bits per heavy atom. The maximum Gasteiger partial charge on any atom is 0.313 e. The van der Waals surface area contributed by atoms with Gasteiger partial charge in [0.05, 0.1) is 10.8 Å². The van der Waals surface area contributed by atoms with E-state index >= 15 is 0 Å². The normalized spacial score (nSPS) is 10.6. The third kappa shape index (κ3) is 13.2. The lowest BCUT2D eigenvalue weighted by atomic mass is 9.91. The van der Waals surface area contributed by atoms with Gasteiger partial charge in [-0.2, -0.15) is 0 Å². The number of halogens is 3. The summed E-state index contributed by atoms with van der Waals surface area (Å²) in [4.78, 5) is 22.2. The fourth-order valence-corrected chi connectivity index (χ4v) is 0.923. The van der Waals surface area contributed by atoms with Gasteiger partial charge in [0.25, 0.3) is 0 Å². The zero-order chi connectivity index (χ0) is 19.8. The highest BCUT2D eigenvalue weighted by molar-refractivity contribution is 5.76. The molecule has 0 aliphatic heterocycles. The van der Waals surface area contributed by atoms with E-state index in [1.54, 1.807) is 13.8 Å². The quantitative estimate of drug-likeness (QED) is 0.476. The summed E-state index contributed by atoms with van der Waals surface area (Å²) in [7, 11) is 1.49. The van der Waals surface area contributed by atoms with Crippen LogP contribution in [0.5, 0.6) is 0 Å². The number of carbonyl (C=O) groups is 2. The summed E-state index contributed by atoms with van der Waals surface area (Å²) < 4.78 is 41.6. The van der Waals surface area contributed by atoms with E-state index in [9.17, 15) is 14.0 Å². The maximum absolute atomic E-state index is 11.6. The van der Waals surface area contributed by atoms with Crippen molar-refractivity contribution >= 4 is 11.9 Å². The van der Waals surface area contributed by atoms with Gasteiger partial charge in [0.15, 0.2) is 6.79 Å². The van der Waals surface area contributed by atoms with Crippen LogP contribution in [0.25, 0.3) is 0 Å². The standard InChI is InChI=1S/C8H15FO2.C8H16O3.F2/c1-4-8(2,3)7(10)11-6-5-9;1-5-8(2,3)7(9)11-6-10-4;1-2/h4-6H2,1-3H3;5-6H2,1-4H3;. The van der Waals surface area contributed by atoms with Gasteiger partial charge in [-0.3, -0.25) is 9.59 Å². The van der Waals surface area contributed by atoms with Crippen LogP contribution in [0, 0.1) is 10.8 Å². The highest BCUT2D eigenvalue weighted by atomic mass is 20.0. The first-order valence-electron chi connectivity index (χ1n) is 7.62. The molecule has 146 valence electrons. The summed E-state index contributed by atoms with van der Waals surface area (Å²) in [5.41, 5.74) is -0.867. The van der Waals surface area contributed by atoms with E-state index < -0.39 is 17.5 Å². The van der Waals surface area contributed by atoms with E-state index in [-0.39, 0.29) is 25.3 Å². The van der Waals surface area contributed by atoms with Crippen LogP contribution in [0.1, 0.15) is 54.4 Å². The minimum atomic E-state index is -0.606. The van der Waals surface area contributed by atoms with Gasteiger partial charge < -0.3 is 14.2 Å². The van der Waals surface area contributed by atoms with Gasteiger partial charge in [0.2, 0.25) is 0 Å². The Morgan fingerprint density at radius 1 is 0.875 bits per heavy atom. The molecule has 5 nitrogen and oxygen atoms in total. The Labute approximate surface area is 142 Å². The smallest absolute Gasteiger partial charge is 0.313 e. The molecule has 0 aliphatic carbocycles. The molecule has 0 fully saturated rings. The number of esters is 2. The van der Waals surface area contributed by atoms with Crippen molar-refractivity contribution in [3.63, 3.8) is 0 Å². The second-order valence-corrected chi connectivity index (χ2v) is 6.14. The summed E-state index contributed by atoms with van der Waals surface area (Å²) in [5.74, 6) is -0.528. The molecular weight excluding hydrogens is 329 g/mol. The Hall–Kier alpha value is -1.31. The molecule has 0 aromatic carbocycles. The van der Waals surface area contributed by atoms with Crippen LogP contribution in [0.2, 0.25) is 0 Å². The van der Waals surface area contributed by atoms with E-state index in [1.807, 2.05) is 27.7 Å². The first-order valence-corrected chi connectivity index (χ1v) is 7.62. The minimum Gasteiger partial charge on any atom is -0.462 e. The molecule has 0 atom stereocenters. The Bertz CT molecular complexity index is 302. The van der Waals surface area contributed by atoms with Crippen molar-refractivity contribution in [3.8, 4) is 0 Å². The van der Waals surface area contributed by atoms with E-state index in [0.717, 1.165) is 6.42 Å². The van der Waals surface area contributed by atoms with E-state index in [4.69, 9.17) is 13.9 Å². The third-order valence-corrected chi connectivity index (χ3v) is 3.49. The summed E-state index contributed by atoms with van der Waals surface area (Å²) >= 11 is 0. The number of hydrogen-bond acceptors (Lipinski definition) is 5. The molecule has 24 heavy (non-hydrogen) atoms. The lowest BCUT2D eigenvalue weighted by Crippen LogP contribution is -2.26. The molecule has 0 rings (SSSR count). The molecule has 0 amide bonds. The lowest BCUT2D eigenvalue weighted by molar-refractivity contribution is -0.164. The van der Waals surface area contributed by atoms with Gasteiger partial charge in [0, 0.05) is 16.3 Å². The molecule has 0 saturated carbocycles. The second-order valence-electron chi connectivity index (χ2n) is 6.14. The SMILES string of the molecule is CCC(C)(C)C(=O)OCCF.CCC(C)(C)C(=O)OCOC.FF. The van der Waals surface area contributed by atoms with Crippen molar-refractivity contribution in [2.75, 3.05) is 27.2 Å². The molecular formula is C16H31F3O5. The molecule has 0 aromatic heterocycles. The van der Waals surface area contributed by atoms with Crippen molar-refractivity contribution in [3.05, 3.63) is 0 Å². The number of hydrogen-bond donors (Lipinski definition) is 0. The maximum atomic E-state index is 11.6. The molecule has 0 unspecified atom stereocenters. The van der Waals surface area contributed by atoms with Crippen LogP contribution >= 0.6 is 0 Å². The Balaban J connectivity index is -0.000000333. The van der Waals surface area contributed by atoms with Crippen LogP contribution in [0.15, 0.2) is 0 Å². The van der Waals surface area contributed by atoms with E-state index in [1.165, 1.54) is 7.11 Å². The summed E-state index contributed by atoms with van der Waals surface area (Å²) in [6.45, 7) is 10.4. The molecule has 0 heterocycles. The van der Waals surface area contributed by atoms with Crippen molar-refractivity contribution in [1.82, 2.24) is 0 Å². The molecule has 0 aromatic rings. The molecule has 0 bridgehead atoms. The number of alkyl halides is 1. The predicted octanol–water partition coefficient (Wildman–Crippen LogP) is 4.35. The highest BCUT2D eigenvalue weighted by Crippen LogP contribution is 2.21. The van der Waals surface area contributed by atoms with E-state index in [2.05, 4.69) is 9.47 Å². The number of ether oxygens (including phenoxy) is 3. The van der Waals surface area contributed by atoms with Gasteiger partial charge in [-0.25, -0.2) is 4.39 Å². The molecule has 8 heteroatoms. The monoisotopic (exact) mass is 360 g/mol. The molecule has 0 radical (unpaired) electrons. The first-order chi connectivity index (χ1) is 11.1. The molecule has 0 spiro atoms. The third-order valence-electron chi connectivity index (χ3n) is 3.49. The summed E-state index contributed by atoms with van der Waals surface area (Å²) in [5, 5.41) is 0. The topological polar surface area (TPSA) is 61.8 Å². The Morgan fingerprint density at radius 2 is 1.25 bits per heavy atom. The van der Waals surface area contributed by atoms with Crippen molar-refractivity contribution in [2.45, 2.75) is 54.4 Å². The van der Waals surface area contributed by atoms with Gasteiger partial charge in [-0.1, -0.05) is 13.8 Å². The molecule has 0 saturated heterocycles. The highest BCUT2D eigenvalue weighted by Gasteiger charge is 2.27. The van der Waals surface area contributed by atoms with Crippen molar-refractivity contribution < 1.29 is 37.3 Å². The van der Waals surface area contributed by atoms with Crippen molar-refractivity contribution in [2.24, 2.45) is 10.8 Å². The van der Waals surface area contributed by atoms with E-state index in [0.29, 0.717) is 6.42 Å². The summed E-state index contributed by atoms with van der Waals surface area (Å²) in [6, 6.07) is 0. The van der Waals surface area contributed by atoms with Gasteiger partial charge in [-0.15, -0.1) is 0 Å². The van der Waals surface area contributed by atoms with Gasteiger partial charge in [0.1, 0.15) is 13.3 Å². The fraction of sp³-hybridized carbons (Fsp3) is 0.875. The van der Waals surface area contributed by atoms with Gasteiger partial charge >= 0.3 is 11.9 Å². The van der Waals surface area contributed by atoms with Gasteiger partial charge in [-0.05, 0) is 40.5 Å². The zero-order valence-corrected chi connectivity index (χ0v) is 15.7. The van der Waals surface area contributed by atoms with Crippen LogP contribution in [-0.4, -0.2) is 39.1 Å². The fourth-order valence-electron chi connectivity index (χ4n) is 0.923. The Kier molecular flexibility index (Phi) is 17.5. The zero-order valence-electron chi connectivity index (χ0n) is 15.7. The second kappa shape index (κ2) is 15.2. The van der Waals surface area contributed by atoms with Crippen molar-refractivity contribution in [1.29, 1.82) is 0 Å². The van der Waals surface area contributed by atoms with Crippen LogP contribution < -0.4 is 0 Å².